The first kappa shape index (κ1) is 14.8. The molecule has 0 saturated carbocycles. The molecule has 1 aliphatic rings. The van der Waals surface area contributed by atoms with E-state index in [0.717, 1.165) is 10.8 Å². The molecule has 20 heavy (non-hydrogen) atoms. The monoisotopic (exact) mass is 294 g/mol. The number of halogens is 3. The zero-order chi connectivity index (χ0) is 15.1. The summed E-state index contributed by atoms with van der Waals surface area (Å²) in [6, 6.07) is 0. The van der Waals surface area contributed by atoms with Gasteiger partial charge in [-0.2, -0.15) is 13.2 Å². The molecule has 0 radical (unpaired) electrons. The molecule has 0 bridgehead atoms. The van der Waals surface area contributed by atoms with E-state index >= 15 is 0 Å². The summed E-state index contributed by atoms with van der Waals surface area (Å²) >= 11 is 0. The molecule has 1 fully saturated rings. The number of aliphatic hydroxyl groups is 1. The van der Waals surface area contributed by atoms with Crippen LogP contribution in [-0.2, 0) is 4.74 Å². The predicted octanol–water partition coefficient (Wildman–Crippen LogP) is 0.447. The Labute approximate surface area is 110 Å². The fraction of sp³-hybridized carbons (Fsp3) is 0.636. The fourth-order valence-corrected chi connectivity index (χ4v) is 2.15. The number of aryl methyl sites for hydroxylation is 1. The first-order valence-corrected chi connectivity index (χ1v) is 5.88. The van der Waals surface area contributed by atoms with Gasteiger partial charge in [0, 0.05) is 11.8 Å². The minimum Gasteiger partial charge on any atom is -0.393 e. The van der Waals surface area contributed by atoms with Gasteiger partial charge in [0.2, 0.25) is 0 Å². The van der Waals surface area contributed by atoms with E-state index in [1.54, 1.807) is 0 Å². The first-order valence-electron chi connectivity index (χ1n) is 5.88. The van der Waals surface area contributed by atoms with Gasteiger partial charge in [-0.25, -0.2) is 4.79 Å². The Balaban J connectivity index is 2.37. The lowest BCUT2D eigenvalue weighted by molar-refractivity contribution is -0.288. The molecule has 0 spiro atoms. The van der Waals surface area contributed by atoms with E-state index in [9.17, 15) is 22.8 Å². The van der Waals surface area contributed by atoms with Gasteiger partial charge in [0.25, 0.3) is 5.56 Å². The summed E-state index contributed by atoms with van der Waals surface area (Å²) in [5.41, 5.74) is -3.93. The van der Waals surface area contributed by atoms with Crippen molar-refractivity contribution in [1.29, 1.82) is 0 Å². The molecule has 9 heteroatoms. The Morgan fingerprint density at radius 3 is 2.70 bits per heavy atom. The lowest BCUT2D eigenvalue weighted by atomic mass is 10.0. The van der Waals surface area contributed by atoms with Gasteiger partial charge in [-0.1, -0.05) is 0 Å². The molecule has 112 valence electrons. The van der Waals surface area contributed by atoms with E-state index in [4.69, 9.17) is 9.84 Å². The average molecular weight is 294 g/mol. The van der Waals surface area contributed by atoms with Crippen LogP contribution in [0.5, 0.6) is 0 Å². The highest BCUT2D eigenvalue weighted by atomic mass is 19.4. The van der Waals surface area contributed by atoms with E-state index in [1.165, 1.54) is 6.92 Å². The van der Waals surface area contributed by atoms with Crippen LogP contribution >= 0.6 is 0 Å². The lowest BCUT2D eigenvalue weighted by Crippen LogP contribution is -2.48. The Hall–Kier alpha value is -1.61. The van der Waals surface area contributed by atoms with Crippen LogP contribution in [0.2, 0.25) is 0 Å². The van der Waals surface area contributed by atoms with Crippen molar-refractivity contribution in [2.75, 3.05) is 6.61 Å². The first-order chi connectivity index (χ1) is 9.20. The second-order valence-corrected chi connectivity index (χ2v) is 4.74. The zero-order valence-electron chi connectivity index (χ0n) is 10.5. The van der Waals surface area contributed by atoms with Gasteiger partial charge in [-0.15, -0.1) is 0 Å². The smallest absolute Gasteiger partial charge is 0.393 e. The Kier molecular flexibility index (Phi) is 3.51. The van der Waals surface area contributed by atoms with E-state index in [2.05, 4.69) is 0 Å². The van der Waals surface area contributed by atoms with Gasteiger partial charge in [-0.3, -0.25) is 14.3 Å². The summed E-state index contributed by atoms with van der Waals surface area (Å²) in [5, 5.41) is 8.99. The predicted molar refractivity (Wildman–Crippen MR) is 61.3 cm³/mol. The number of hydrogen-bond acceptors (Lipinski definition) is 4. The maximum atomic E-state index is 12.9. The molecular weight excluding hydrogens is 281 g/mol. The van der Waals surface area contributed by atoms with Gasteiger partial charge in [0.15, 0.2) is 5.60 Å². The summed E-state index contributed by atoms with van der Waals surface area (Å²) in [5.74, 6) is 0. The number of H-pyrrole nitrogens is 1. The van der Waals surface area contributed by atoms with Gasteiger partial charge in [0.05, 0.1) is 6.61 Å². The highest BCUT2D eigenvalue weighted by molar-refractivity contribution is 5.03. The van der Waals surface area contributed by atoms with Crippen molar-refractivity contribution in [1.82, 2.24) is 9.55 Å². The number of rotatable bonds is 2. The summed E-state index contributed by atoms with van der Waals surface area (Å²) < 4.78 is 44.6. The maximum Gasteiger partial charge on any atom is 0.419 e. The molecular formula is C11H13F3N2O4. The number of hydrogen-bond donors (Lipinski definition) is 2. The Morgan fingerprint density at radius 2 is 2.20 bits per heavy atom. The molecule has 2 N–H and O–H groups in total. The second-order valence-electron chi connectivity index (χ2n) is 4.74. The van der Waals surface area contributed by atoms with Gasteiger partial charge < -0.3 is 9.84 Å². The van der Waals surface area contributed by atoms with Crippen LogP contribution in [0.3, 0.4) is 0 Å². The Bertz CT molecular complexity index is 621. The van der Waals surface area contributed by atoms with Crippen molar-refractivity contribution in [3.63, 3.8) is 0 Å². The molecule has 0 aliphatic carbocycles. The lowest BCUT2D eigenvalue weighted by Gasteiger charge is -2.29. The number of nitrogens with one attached hydrogen (secondary N) is 1. The van der Waals surface area contributed by atoms with Crippen molar-refractivity contribution in [2.45, 2.75) is 37.8 Å². The van der Waals surface area contributed by atoms with Gasteiger partial charge in [0.1, 0.15) is 6.23 Å². The second kappa shape index (κ2) is 4.74. The minimum atomic E-state index is -4.74. The van der Waals surface area contributed by atoms with Gasteiger partial charge in [-0.05, 0) is 19.8 Å². The molecule has 2 atom stereocenters. The van der Waals surface area contributed by atoms with E-state index < -0.39 is 42.3 Å². The summed E-state index contributed by atoms with van der Waals surface area (Å²) in [7, 11) is 0. The van der Waals surface area contributed by atoms with Crippen LogP contribution in [-0.4, -0.2) is 33.0 Å². The van der Waals surface area contributed by atoms with Crippen molar-refractivity contribution < 1.29 is 23.0 Å². The van der Waals surface area contributed by atoms with Crippen molar-refractivity contribution in [3.05, 3.63) is 32.6 Å². The maximum absolute atomic E-state index is 12.9. The van der Waals surface area contributed by atoms with Crippen molar-refractivity contribution in [2.24, 2.45) is 0 Å². The highest BCUT2D eigenvalue weighted by Gasteiger charge is 2.60. The van der Waals surface area contributed by atoms with Crippen LogP contribution < -0.4 is 11.2 Å². The number of ether oxygens (including phenoxy) is 1. The zero-order valence-corrected chi connectivity index (χ0v) is 10.5. The molecule has 1 aromatic rings. The molecule has 0 aromatic carbocycles. The van der Waals surface area contributed by atoms with E-state index in [-0.39, 0.29) is 12.0 Å². The fourth-order valence-electron chi connectivity index (χ4n) is 2.15. The van der Waals surface area contributed by atoms with Crippen LogP contribution in [0.4, 0.5) is 13.2 Å². The standard InChI is InChI=1S/C11H13F3N2O4/c1-6-4-16(9(19)15-8(6)18)7-2-3-10(5-17,20-7)11(12,13)14/h4,7,17H,2-3,5H2,1H3,(H,15,18,19)/t7-,10+/m1/s1. The molecule has 6 nitrogen and oxygen atoms in total. The number of aromatic amines is 1. The number of nitrogens with zero attached hydrogens (tertiary/aromatic N) is 1. The van der Waals surface area contributed by atoms with Crippen LogP contribution in [0.1, 0.15) is 24.6 Å². The van der Waals surface area contributed by atoms with E-state index in [1.807, 2.05) is 4.98 Å². The number of aromatic nitrogens is 2. The number of aliphatic hydroxyl groups excluding tert-OH is 1. The number of alkyl halides is 3. The molecule has 1 aromatic heterocycles. The van der Waals surface area contributed by atoms with Crippen LogP contribution in [0.15, 0.2) is 15.8 Å². The van der Waals surface area contributed by atoms with Crippen LogP contribution in [0, 0.1) is 6.92 Å². The quantitative estimate of drug-likeness (QED) is 0.829. The topological polar surface area (TPSA) is 84.3 Å². The molecule has 0 amide bonds. The van der Waals surface area contributed by atoms with E-state index in [0.29, 0.717) is 0 Å². The molecule has 1 aliphatic heterocycles. The third-order valence-corrected chi connectivity index (χ3v) is 3.38. The summed E-state index contributed by atoms with van der Waals surface area (Å²) in [6.45, 7) is 0.205. The SMILES string of the molecule is Cc1cn([C@H]2CC[C@](CO)(C(F)(F)F)O2)c(=O)[nH]c1=O. The minimum absolute atomic E-state index is 0.0918. The third-order valence-electron chi connectivity index (χ3n) is 3.38. The Morgan fingerprint density at radius 1 is 1.55 bits per heavy atom. The van der Waals surface area contributed by atoms with Crippen LogP contribution in [0.25, 0.3) is 0 Å². The van der Waals surface area contributed by atoms with Gasteiger partial charge >= 0.3 is 11.9 Å². The summed E-state index contributed by atoms with van der Waals surface area (Å²) in [4.78, 5) is 24.8. The molecule has 0 unspecified atom stereocenters. The molecule has 1 saturated heterocycles. The van der Waals surface area contributed by atoms with Crippen molar-refractivity contribution in [3.8, 4) is 0 Å². The normalized spacial score (nSPS) is 26.9. The molecule has 2 heterocycles. The largest absolute Gasteiger partial charge is 0.419 e. The third kappa shape index (κ3) is 2.27. The highest BCUT2D eigenvalue weighted by Crippen LogP contribution is 2.45. The summed E-state index contributed by atoms with van der Waals surface area (Å²) in [6.07, 6.45) is -5.31. The van der Waals surface area contributed by atoms with Crippen molar-refractivity contribution >= 4 is 0 Å². The average Bonchev–Trinajstić information content (AvgIpc) is 2.78. The molecule has 2 rings (SSSR count).